The number of aliphatic imine (C=N–C) groups is 1. The zero-order valence-corrected chi connectivity index (χ0v) is 20.4. The van der Waals surface area contributed by atoms with E-state index in [9.17, 15) is 8.42 Å². The minimum Gasteiger partial charge on any atom is -0.379 e. The third kappa shape index (κ3) is 7.15. The van der Waals surface area contributed by atoms with E-state index in [1.807, 2.05) is 0 Å². The van der Waals surface area contributed by atoms with Gasteiger partial charge in [-0.3, -0.25) is 9.89 Å². The highest BCUT2D eigenvalue weighted by Gasteiger charge is 2.30. The second-order valence-corrected chi connectivity index (χ2v) is 10.6. The van der Waals surface area contributed by atoms with Crippen LogP contribution in [0.15, 0.2) is 22.5 Å². The quantitative estimate of drug-likeness (QED) is 0.318. The lowest BCUT2D eigenvalue weighted by atomic mass is 10.2. The fourth-order valence-corrected chi connectivity index (χ4v) is 3.82. The Kier molecular flexibility index (Phi) is 9.97. The molecule has 27 heavy (non-hydrogen) atoms. The zero-order chi connectivity index (χ0) is 19.2. The smallest absolute Gasteiger partial charge is 0.191 e. The molecule has 156 valence electrons. The molecule has 1 atom stereocenters. The minimum absolute atomic E-state index is 0. The number of hydrogen-bond acceptors (Lipinski definition) is 6. The summed E-state index contributed by atoms with van der Waals surface area (Å²) in [7, 11) is -1.46. The molecule has 1 fully saturated rings. The standard InChI is InChI=1S/C17H30N4O3S2.HI/c1-17(2,26(4,22)23)13-20-16(18-3)19-12-14(15-6-5-11-25-15)21-7-9-24-10-8-21;/h5-6,11,14H,7-10,12-13H2,1-4H3,(H2,18,19,20);1H. The van der Waals surface area contributed by atoms with Crippen molar-refractivity contribution in [2.24, 2.45) is 4.99 Å². The summed E-state index contributed by atoms with van der Waals surface area (Å²) in [6.07, 6.45) is 1.26. The molecule has 1 unspecified atom stereocenters. The second kappa shape index (κ2) is 10.9. The predicted molar refractivity (Wildman–Crippen MR) is 123 cm³/mol. The normalized spacial score (nSPS) is 17.9. The van der Waals surface area contributed by atoms with Crippen molar-refractivity contribution in [1.29, 1.82) is 0 Å². The monoisotopic (exact) mass is 530 g/mol. The third-order valence-electron chi connectivity index (χ3n) is 4.73. The maximum atomic E-state index is 11.9. The van der Waals surface area contributed by atoms with Gasteiger partial charge >= 0.3 is 0 Å². The molecule has 0 saturated carbocycles. The first-order valence-electron chi connectivity index (χ1n) is 8.74. The van der Waals surface area contributed by atoms with E-state index in [1.165, 1.54) is 11.1 Å². The van der Waals surface area contributed by atoms with Crippen molar-refractivity contribution in [3.05, 3.63) is 22.4 Å². The molecule has 1 aromatic rings. The fourth-order valence-electron chi connectivity index (χ4n) is 2.62. The highest BCUT2D eigenvalue weighted by Crippen LogP contribution is 2.25. The Balaban J connectivity index is 0.00000364. The van der Waals surface area contributed by atoms with E-state index < -0.39 is 14.6 Å². The first kappa shape index (κ1) is 24.6. The second-order valence-electron chi connectivity index (χ2n) is 7.02. The zero-order valence-electron chi connectivity index (χ0n) is 16.4. The van der Waals surface area contributed by atoms with Crippen LogP contribution in [0.3, 0.4) is 0 Å². The van der Waals surface area contributed by atoms with Gasteiger partial charge in [0.05, 0.1) is 24.0 Å². The molecule has 7 nitrogen and oxygen atoms in total. The molecule has 1 aromatic heterocycles. The van der Waals surface area contributed by atoms with Crippen LogP contribution in [-0.4, -0.2) is 76.7 Å². The van der Waals surface area contributed by atoms with Crippen LogP contribution in [-0.2, 0) is 14.6 Å². The van der Waals surface area contributed by atoms with E-state index in [0.717, 1.165) is 26.3 Å². The molecule has 1 saturated heterocycles. The highest BCUT2D eigenvalue weighted by atomic mass is 127. The van der Waals surface area contributed by atoms with Crippen LogP contribution in [0, 0.1) is 0 Å². The van der Waals surface area contributed by atoms with E-state index in [2.05, 4.69) is 38.0 Å². The van der Waals surface area contributed by atoms with Crippen molar-refractivity contribution < 1.29 is 13.2 Å². The molecule has 10 heteroatoms. The number of halogens is 1. The number of thiophene rings is 1. The summed E-state index contributed by atoms with van der Waals surface area (Å²) >= 11 is 1.74. The molecule has 0 bridgehead atoms. The number of ether oxygens (including phenoxy) is 1. The average Bonchev–Trinajstić information content (AvgIpc) is 3.12. The lowest BCUT2D eigenvalue weighted by Crippen LogP contribution is -2.50. The number of sulfone groups is 1. The van der Waals surface area contributed by atoms with E-state index in [-0.39, 0.29) is 30.0 Å². The van der Waals surface area contributed by atoms with Crippen molar-refractivity contribution in [2.45, 2.75) is 24.6 Å². The molecule has 0 amide bonds. The molecule has 2 N–H and O–H groups in total. The molecule has 0 radical (unpaired) electrons. The largest absolute Gasteiger partial charge is 0.379 e. The van der Waals surface area contributed by atoms with E-state index in [0.29, 0.717) is 19.0 Å². The van der Waals surface area contributed by atoms with Crippen LogP contribution in [0.5, 0.6) is 0 Å². The summed E-state index contributed by atoms with van der Waals surface area (Å²) in [5, 5.41) is 8.57. The van der Waals surface area contributed by atoms with E-state index in [1.54, 1.807) is 32.2 Å². The molecular weight excluding hydrogens is 499 g/mol. The minimum atomic E-state index is -3.16. The van der Waals surface area contributed by atoms with Crippen molar-refractivity contribution in [1.82, 2.24) is 15.5 Å². The van der Waals surface area contributed by atoms with Gasteiger partial charge in [-0.05, 0) is 25.3 Å². The van der Waals surface area contributed by atoms with Crippen molar-refractivity contribution in [3.63, 3.8) is 0 Å². The van der Waals surface area contributed by atoms with Gasteiger partial charge in [0.2, 0.25) is 0 Å². The molecule has 1 aliphatic rings. The Hall–Kier alpha value is -0.430. The maximum Gasteiger partial charge on any atom is 0.191 e. The molecule has 0 aliphatic carbocycles. The fraction of sp³-hybridized carbons (Fsp3) is 0.706. The summed E-state index contributed by atoms with van der Waals surface area (Å²) in [6, 6.07) is 4.45. The molecule has 2 rings (SSSR count). The number of rotatable bonds is 7. The van der Waals surface area contributed by atoms with E-state index >= 15 is 0 Å². The van der Waals surface area contributed by atoms with Gasteiger partial charge in [0.15, 0.2) is 15.8 Å². The van der Waals surface area contributed by atoms with Gasteiger partial charge in [-0.1, -0.05) is 6.07 Å². The van der Waals surface area contributed by atoms with Crippen LogP contribution < -0.4 is 10.6 Å². The summed E-state index contributed by atoms with van der Waals surface area (Å²) in [5.41, 5.74) is 0. The topological polar surface area (TPSA) is 83.0 Å². The van der Waals surface area contributed by atoms with Crippen LogP contribution >= 0.6 is 35.3 Å². The number of nitrogens with one attached hydrogen (secondary N) is 2. The van der Waals surface area contributed by atoms with Crippen LogP contribution in [0.25, 0.3) is 0 Å². The number of nitrogens with zero attached hydrogens (tertiary/aromatic N) is 2. The average molecular weight is 530 g/mol. The van der Waals surface area contributed by atoms with Gasteiger partial charge in [0.25, 0.3) is 0 Å². The first-order valence-corrected chi connectivity index (χ1v) is 11.5. The Bertz CT molecular complexity index is 687. The van der Waals surface area contributed by atoms with Gasteiger partial charge in [0, 0.05) is 44.4 Å². The summed E-state index contributed by atoms with van der Waals surface area (Å²) < 4.78 is 28.3. The first-order chi connectivity index (χ1) is 12.2. The highest BCUT2D eigenvalue weighted by molar-refractivity contribution is 14.0. The number of hydrogen-bond donors (Lipinski definition) is 2. The number of guanidine groups is 1. The van der Waals surface area contributed by atoms with Crippen LogP contribution in [0.2, 0.25) is 0 Å². The molecular formula is C17H31IN4O3S2. The van der Waals surface area contributed by atoms with Crippen LogP contribution in [0.1, 0.15) is 24.8 Å². The van der Waals surface area contributed by atoms with Crippen molar-refractivity contribution in [2.75, 3.05) is 52.7 Å². The van der Waals surface area contributed by atoms with Gasteiger partial charge < -0.3 is 15.4 Å². The van der Waals surface area contributed by atoms with Gasteiger partial charge in [-0.15, -0.1) is 35.3 Å². The van der Waals surface area contributed by atoms with Crippen LogP contribution in [0.4, 0.5) is 0 Å². The Morgan fingerprint density at radius 1 is 1.37 bits per heavy atom. The maximum absolute atomic E-state index is 11.9. The van der Waals surface area contributed by atoms with Gasteiger partial charge in [0.1, 0.15) is 0 Å². The summed E-state index contributed by atoms with van der Waals surface area (Å²) in [4.78, 5) is 7.94. The lowest BCUT2D eigenvalue weighted by molar-refractivity contribution is 0.0177. The third-order valence-corrected chi connectivity index (χ3v) is 7.86. The Labute approximate surface area is 183 Å². The lowest BCUT2D eigenvalue weighted by Gasteiger charge is -2.34. The predicted octanol–water partition coefficient (Wildman–Crippen LogP) is 1.73. The van der Waals surface area contributed by atoms with Gasteiger partial charge in [-0.25, -0.2) is 8.42 Å². The Morgan fingerprint density at radius 2 is 2.04 bits per heavy atom. The molecule has 1 aliphatic heterocycles. The van der Waals surface area contributed by atoms with E-state index in [4.69, 9.17) is 4.74 Å². The SMILES string of the molecule is CN=C(NCC(c1cccs1)N1CCOCC1)NCC(C)(C)S(C)(=O)=O.I. The molecule has 0 spiro atoms. The summed E-state index contributed by atoms with van der Waals surface area (Å²) in [5.74, 6) is 0.608. The number of morpholine rings is 1. The molecule has 2 heterocycles. The van der Waals surface area contributed by atoms with Crippen molar-refractivity contribution in [3.8, 4) is 0 Å². The molecule has 0 aromatic carbocycles. The van der Waals surface area contributed by atoms with Gasteiger partial charge in [-0.2, -0.15) is 0 Å². The van der Waals surface area contributed by atoms with Crippen molar-refractivity contribution >= 4 is 51.1 Å². The Morgan fingerprint density at radius 3 is 2.56 bits per heavy atom. The summed E-state index contributed by atoms with van der Waals surface area (Å²) in [6.45, 7) is 7.71.